The van der Waals surface area contributed by atoms with Gasteiger partial charge in [0.1, 0.15) is 17.2 Å². The molecule has 0 saturated heterocycles. The molecule has 0 atom stereocenters. The Hall–Kier alpha value is -4.50. The fourth-order valence-corrected chi connectivity index (χ4v) is 6.72. The van der Waals surface area contributed by atoms with Crippen molar-refractivity contribution in [1.82, 2.24) is 0 Å². The van der Waals surface area contributed by atoms with Gasteiger partial charge in [-0.2, -0.15) is 0 Å². The van der Waals surface area contributed by atoms with E-state index in [0.717, 1.165) is 46.6 Å². The van der Waals surface area contributed by atoms with Crippen molar-refractivity contribution in [2.45, 2.75) is 65.3 Å². The fourth-order valence-electron chi connectivity index (χ4n) is 6.72. The molecule has 0 radical (unpaired) electrons. The van der Waals surface area contributed by atoms with E-state index >= 15 is 0 Å². The van der Waals surface area contributed by atoms with Gasteiger partial charge in [-0.15, -0.1) is 0 Å². The third-order valence-corrected chi connectivity index (χ3v) is 8.55. The molecule has 3 heteroatoms. The number of benzene rings is 5. The zero-order chi connectivity index (χ0) is 29.7. The topological polar surface area (TPSA) is 27.7 Å². The first-order valence-electron chi connectivity index (χ1n) is 15.4. The lowest BCUT2D eigenvalue weighted by Gasteiger charge is -2.38. The minimum Gasteiger partial charge on any atom is -0.491 e. The molecule has 1 aliphatic heterocycles. The van der Waals surface area contributed by atoms with Gasteiger partial charge in [-0.25, -0.2) is 0 Å². The average Bonchev–Trinajstić information content (AvgIpc) is 3.00. The maximum atomic E-state index is 7.39. The van der Waals surface area contributed by atoms with E-state index in [-0.39, 0.29) is 12.2 Å². The molecule has 0 aromatic heterocycles. The van der Waals surface area contributed by atoms with Crippen LogP contribution >= 0.6 is 0 Å². The summed E-state index contributed by atoms with van der Waals surface area (Å²) in [6, 6.07) is 32.4. The molecule has 1 heterocycles. The standard InChI is InChI=1S/C40H38O3/c1-25(2)41-31-16-12-29(13-17-31)40(30-14-18-32(19-15-30)42-26(3)4)23-22-36-34-21-11-28-8-6-7-9-33(28)38(34)35-20-10-27(5)24-37(35)39(36)43-40/h6-10,12-20,22-26H,11,21H2,1-5H3. The van der Waals surface area contributed by atoms with E-state index < -0.39 is 5.60 Å². The van der Waals surface area contributed by atoms with Crippen LogP contribution in [-0.2, 0) is 18.4 Å². The van der Waals surface area contributed by atoms with Gasteiger partial charge in [-0.05, 0) is 112 Å². The van der Waals surface area contributed by atoms with E-state index in [4.69, 9.17) is 14.2 Å². The molecular weight excluding hydrogens is 528 g/mol. The SMILES string of the molecule is Cc1ccc2c3c(c4c(c2c1)OC(c1ccc(OC(C)C)cc1)(c1ccc(OC(C)C)cc1)C=C4)CCc1ccccc1-3. The first kappa shape index (κ1) is 27.3. The molecule has 1 aliphatic carbocycles. The summed E-state index contributed by atoms with van der Waals surface area (Å²) < 4.78 is 19.4. The second-order valence-electron chi connectivity index (χ2n) is 12.4. The van der Waals surface area contributed by atoms with Crippen LogP contribution in [0.4, 0.5) is 0 Å². The van der Waals surface area contributed by atoms with E-state index in [9.17, 15) is 0 Å². The lowest BCUT2D eigenvalue weighted by Crippen LogP contribution is -2.34. The third kappa shape index (κ3) is 4.77. The molecule has 0 unspecified atom stereocenters. The Morgan fingerprint density at radius 3 is 1.95 bits per heavy atom. The van der Waals surface area contributed by atoms with Crippen LogP contribution in [0, 0.1) is 6.92 Å². The van der Waals surface area contributed by atoms with Gasteiger partial charge >= 0.3 is 0 Å². The number of rotatable bonds is 6. The van der Waals surface area contributed by atoms with Gasteiger partial charge in [0.15, 0.2) is 5.60 Å². The number of hydrogen-bond donors (Lipinski definition) is 0. The summed E-state index contributed by atoms with van der Waals surface area (Å²) in [6.45, 7) is 10.4. The Morgan fingerprint density at radius 2 is 1.33 bits per heavy atom. The summed E-state index contributed by atoms with van der Waals surface area (Å²) in [6.07, 6.45) is 6.79. The van der Waals surface area contributed by atoms with Gasteiger partial charge in [0.2, 0.25) is 0 Å². The molecule has 5 aromatic rings. The maximum absolute atomic E-state index is 7.39. The predicted octanol–water partition coefficient (Wildman–Crippen LogP) is 9.84. The van der Waals surface area contributed by atoms with Crippen LogP contribution in [0.1, 0.15) is 61.1 Å². The van der Waals surface area contributed by atoms with E-state index in [1.54, 1.807) is 0 Å². The second kappa shape index (κ2) is 10.6. The quantitative estimate of drug-likeness (QED) is 0.205. The van der Waals surface area contributed by atoms with Crippen LogP contribution in [0.3, 0.4) is 0 Å². The monoisotopic (exact) mass is 566 g/mol. The molecule has 2 aliphatic rings. The van der Waals surface area contributed by atoms with Crippen LogP contribution in [0.15, 0.2) is 97.1 Å². The maximum Gasteiger partial charge on any atom is 0.178 e. The molecule has 0 fully saturated rings. The van der Waals surface area contributed by atoms with Crippen molar-refractivity contribution in [2.24, 2.45) is 0 Å². The van der Waals surface area contributed by atoms with Crippen molar-refractivity contribution in [2.75, 3.05) is 0 Å². The van der Waals surface area contributed by atoms with Crippen molar-refractivity contribution >= 4 is 16.8 Å². The first-order valence-corrected chi connectivity index (χ1v) is 15.4. The van der Waals surface area contributed by atoms with Crippen molar-refractivity contribution < 1.29 is 14.2 Å². The minimum absolute atomic E-state index is 0.108. The largest absolute Gasteiger partial charge is 0.491 e. The number of aryl methyl sites for hydroxylation is 2. The van der Waals surface area contributed by atoms with Crippen LogP contribution in [-0.4, -0.2) is 12.2 Å². The van der Waals surface area contributed by atoms with E-state index in [1.165, 1.54) is 38.8 Å². The summed E-state index contributed by atoms with van der Waals surface area (Å²) in [7, 11) is 0. The van der Waals surface area contributed by atoms with Gasteiger partial charge in [0.05, 0.1) is 12.2 Å². The predicted molar refractivity (Wildman–Crippen MR) is 176 cm³/mol. The Labute approximate surface area is 254 Å². The molecule has 7 rings (SSSR count). The Bertz CT molecular complexity index is 1790. The highest BCUT2D eigenvalue weighted by Gasteiger charge is 2.39. The van der Waals surface area contributed by atoms with Crippen molar-refractivity contribution in [3.8, 4) is 28.4 Å². The van der Waals surface area contributed by atoms with Crippen molar-refractivity contribution in [3.05, 3.63) is 130 Å². The smallest absolute Gasteiger partial charge is 0.178 e. The van der Waals surface area contributed by atoms with Crippen LogP contribution in [0.5, 0.6) is 17.2 Å². The molecule has 216 valence electrons. The zero-order valence-corrected chi connectivity index (χ0v) is 25.6. The van der Waals surface area contributed by atoms with Crippen molar-refractivity contribution in [1.29, 1.82) is 0 Å². The lowest BCUT2D eigenvalue weighted by atomic mass is 9.77. The second-order valence-corrected chi connectivity index (χ2v) is 12.4. The zero-order valence-electron chi connectivity index (χ0n) is 25.6. The van der Waals surface area contributed by atoms with Crippen molar-refractivity contribution in [3.63, 3.8) is 0 Å². The number of ether oxygens (including phenoxy) is 3. The molecule has 5 aromatic carbocycles. The molecule has 0 spiro atoms. The van der Waals surface area contributed by atoms with E-state index in [1.807, 2.05) is 52.0 Å². The highest BCUT2D eigenvalue weighted by atomic mass is 16.5. The summed E-state index contributed by atoms with van der Waals surface area (Å²) in [5.41, 5.74) is 9.16. The Morgan fingerprint density at radius 1 is 0.698 bits per heavy atom. The molecule has 3 nitrogen and oxygen atoms in total. The van der Waals surface area contributed by atoms with Crippen LogP contribution < -0.4 is 14.2 Å². The van der Waals surface area contributed by atoms with Gasteiger partial charge in [-0.3, -0.25) is 0 Å². The van der Waals surface area contributed by atoms with E-state index in [0.29, 0.717) is 0 Å². The summed E-state index contributed by atoms with van der Waals surface area (Å²) >= 11 is 0. The molecular formula is C40H38O3. The summed E-state index contributed by atoms with van der Waals surface area (Å²) in [4.78, 5) is 0. The molecule has 43 heavy (non-hydrogen) atoms. The van der Waals surface area contributed by atoms with Gasteiger partial charge in [0, 0.05) is 22.1 Å². The van der Waals surface area contributed by atoms with Crippen LogP contribution in [0.25, 0.3) is 28.0 Å². The van der Waals surface area contributed by atoms with Crippen LogP contribution in [0.2, 0.25) is 0 Å². The fraction of sp³-hybridized carbons (Fsp3) is 0.250. The summed E-state index contributed by atoms with van der Waals surface area (Å²) in [5.74, 6) is 2.65. The highest BCUT2D eigenvalue weighted by Crippen LogP contribution is 2.51. The highest BCUT2D eigenvalue weighted by molar-refractivity contribution is 6.06. The Kier molecular flexibility index (Phi) is 6.77. The molecule has 0 N–H and O–H groups in total. The van der Waals surface area contributed by atoms with Gasteiger partial charge in [0.25, 0.3) is 0 Å². The molecule has 0 amide bonds. The molecule has 0 bridgehead atoms. The van der Waals surface area contributed by atoms with E-state index in [2.05, 4.69) is 85.8 Å². The molecule has 0 saturated carbocycles. The number of hydrogen-bond acceptors (Lipinski definition) is 3. The normalized spacial score (nSPS) is 14.7. The lowest BCUT2D eigenvalue weighted by molar-refractivity contribution is 0.163. The minimum atomic E-state index is -0.822. The third-order valence-electron chi connectivity index (χ3n) is 8.55. The summed E-state index contributed by atoms with van der Waals surface area (Å²) in [5, 5.41) is 2.40. The first-order chi connectivity index (χ1) is 20.8. The average molecular weight is 567 g/mol. The van der Waals surface area contributed by atoms with Gasteiger partial charge in [-0.1, -0.05) is 72.3 Å². The van der Waals surface area contributed by atoms with Gasteiger partial charge < -0.3 is 14.2 Å². The number of fused-ring (bicyclic) bond motifs is 8. The Balaban J connectivity index is 1.45.